The van der Waals surface area contributed by atoms with Gasteiger partial charge in [-0.2, -0.15) is 0 Å². The highest BCUT2D eigenvalue weighted by Gasteiger charge is 2.27. The Kier molecular flexibility index (Phi) is 8.33. The Bertz CT molecular complexity index is 1010. The number of aromatic nitrogens is 1. The van der Waals surface area contributed by atoms with Crippen LogP contribution in [0.1, 0.15) is 38.7 Å². The molecule has 1 unspecified atom stereocenters. The van der Waals surface area contributed by atoms with Gasteiger partial charge in [-0.05, 0) is 44.9 Å². The monoisotopic (exact) mass is 436 g/mol. The Balaban J connectivity index is 1.74. The molecule has 0 bridgehead atoms. The fraction of sp³-hybridized carbons (Fsp3) is 0.385. The molecule has 0 amide bonds. The second-order valence-corrected chi connectivity index (χ2v) is 8.19. The van der Waals surface area contributed by atoms with Crippen LogP contribution in [0.4, 0.5) is 0 Å². The Labute approximate surface area is 189 Å². The van der Waals surface area contributed by atoms with Crippen LogP contribution in [0, 0.1) is 0 Å². The van der Waals surface area contributed by atoms with Gasteiger partial charge in [0.05, 0.1) is 30.3 Å². The van der Waals surface area contributed by atoms with Crippen molar-refractivity contribution in [2.75, 3.05) is 26.4 Å². The first-order valence-corrected chi connectivity index (χ1v) is 11.0. The van der Waals surface area contributed by atoms with E-state index in [1.807, 2.05) is 61.5 Å². The number of carbonyl (C=O) groups is 1. The van der Waals surface area contributed by atoms with Crippen molar-refractivity contribution in [3.05, 3.63) is 66.2 Å². The van der Waals surface area contributed by atoms with Crippen molar-refractivity contribution >= 4 is 16.9 Å². The van der Waals surface area contributed by atoms with Crippen LogP contribution < -0.4 is 5.73 Å². The van der Waals surface area contributed by atoms with Crippen LogP contribution in [0.2, 0.25) is 0 Å². The topological polar surface area (TPSA) is 83.7 Å². The van der Waals surface area contributed by atoms with Gasteiger partial charge in [0.1, 0.15) is 0 Å². The van der Waals surface area contributed by atoms with Gasteiger partial charge in [0.2, 0.25) is 0 Å². The molecule has 0 aliphatic rings. The predicted molar refractivity (Wildman–Crippen MR) is 126 cm³/mol. The van der Waals surface area contributed by atoms with Gasteiger partial charge in [-0.25, -0.2) is 4.98 Å². The van der Waals surface area contributed by atoms with Gasteiger partial charge in [0.25, 0.3) is 0 Å². The second kappa shape index (κ2) is 11.2. The summed E-state index contributed by atoms with van der Waals surface area (Å²) in [5.41, 5.74) is 8.55. The van der Waals surface area contributed by atoms with E-state index in [9.17, 15) is 4.79 Å². The van der Waals surface area contributed by atoms with Gasteiger partial charge in [-0.3, -0.25) is 10.5 Å². The molecule has 2 aromatic carbocycles. The van der Waals surface area contributed by atoms with Crippen LogP contribution in [-0.2, 0) is 19.0 Å². The minimum Gasteiger partial charge on any atom is -0.444 e. The highest BCUT2D eigenvalue weighted by atomic mass is 16.6. The zero-order valence-electron chi connectivity index (χ0n) is 19.0. The number of para-hydroxylation sites is 1. The number of rotatable bonds is 11. The lowest BCUT2D eigenvalue weighted by molar-refractivity contribution is -0.158. The maximum atomic E-state index is 12.8. The molecule has 3 rings (SSSR count). The summed E-state index contributed by atoms with van der Waals surface area (Å²) < 4.78 is 16.4. The first kappa shape index (κ1) is 23.9. The molecule has 2 N–H and O–H groups in total. The number of carbonyl (C=O) groups excluding carboxylic acids is 1. The normalized spacial score (nSPS) is 12.6. The molecule has 3 aromatic rings. The summed E-state index contributed by atoms with van der Waals surface area (Å²) in [5, 5.41) is 1.10. The van der Waals surface area contributed by atoms with Crippen LogP contribution in [0.25, 0.3) is 22.2 Å². The fourth-order valence-electron chi connectivity index (χ4n) is 3.43. The Morgan fingerprint density at radius 3 is 2.41 bits per heavy atom. The maximum Gasteiger partial charge on any atom is 0.315 e. The standard InChI is InChI=1S/C26H32N2O4/c1-4-30-17-18-31-16-15-22(25(29)32-26(2,3)27)19-9-11-21(12-10-19)24-14-13-20-7-5-6-8-23(20)28-24/h5-14,22H,4,15-18,27H2,1-3H3. The first-order valence-electron chi connectivity index (χ1n) is 11.0. The zero-order valence-corrected chi connectivity index (χ0v) is 19.0. The lowest BCUT2D eigenvalue weighted by Crippen LogP contribution is -2.39. The number of nitrogens with two attached hydrogens (primary N) is 1. The average Bonchev–Trinajstić information content (AvgIpc) is 2.77. The van der Waals surface area contributed by atoms with E-state index in [1.54, 1.807) is 13.8 Å². The van der Waals surface area contributed by atoms with Gasteiger partial charge >= 0.3 is 5.97 Å². The van der Waals surface area contributed by atoms with E-state index in [2.05, 4.69) is 6.07 Å². The van der Waals surface area contributed by atoms with Gasteiger partial charge < -0.3 is 14.2 Å². The molecule has 1 aromatic heterocycles. The molecule has 0 aliphatic carbocycles. The molecule has 0 spiro atoms. The number of nitrogens with zero attached hydrogens (tertiary/aromatic N) is 1. The minimum atomic E-state index is -1.04. The van der Waals surface area contributed by atoms with Crippen LogP contribution in [0.15, 0.2) is 60.7 Å². The second-order valence-electron chi connectivity index (χ2n) is 8.19. The summed E-state index contributed by atoms with van der Waals surface area (Å²) in [7, 11) is 0. The van der Waals surface area contributed by atoms with Crippen molar-refractivity contribution in [1.82, 2.24) is 4.98 Å². The lowest BCUT2D eigenvalue weighted by Gasteiger charge is -2.24. The van der Waals surface area contributed by atoms with Gasteiger partial charge in [0, 0.05) is 24.2 Å². The van der Waals surface area contributed by atoms with E-state index in [0.29, 0.717) is 32.8 Å². The number of fused-ring (bicyclic) bond motifs is 1. The van der Waals surface area contributed by atoms with Gasteiger partial charge in [0.15, 0.2) is 5.72 Å². The summed E-state index contributed by atoms with van der Waals surface area (Å²) >= 11 is 0. The Morgan fingerprint density at radius 2 is 1.69 bits per heavy atom. The van der Waals surface area contributed by atoms with Crippen LogP contribution in [0.3, 0.4) is 0 Å². The fourth-order valence-corrected chi connectivity index (χ4v) is 3.43. The first-order chi connectivity index (χ1) is 15.4. The smallest absolute Gasteiger partial charge is 0.315 e. The van der Waals surface area contributed by atoms with Crippen molar-refractivity contribution in [3.8, 4) is 11.3 Å². The molecule has 0 radical (unpaired) electrons. The number of benzene rings is 2. The van der Waals surface area contributed by atoms with Crippen LogP contribution in [-0.4, -0.2) is 43.1 Å². The summed E-state index contributed by atoms with van der Waals surface area (Å²) in [4.78, 5) is 17.6. The van der Waals surface area contributed by atoms with Crippen molar-refractivity contribution < 1.29 is 19.0 Å². The van der Waals surface area contributed by atoms with E-state index in [0.717, 1.165) is 27.7 Å². The quantitative estimate of drug-likeness (QED) is 0.267. The van der Waals surface area contributed by atoms with Crippen LogP contribution in [0.5, 0.6) is 0 Å². The molecule has 0 aliphatic heterocycles. The van der Waals surface area contributed by atoms with Gasteiger partial charge in [-0.15, -0.1) is 0 Å². The highest BCUT2D eigenvalue weighted by molar-refractivity contribution is 5.82. The molecular weight excluding hydrogens is 404 g/mol. The van der Waals surface area contributed by atoms with E-state index in [-0.39, 0.29) is 5.97 Å². The third-order valence-corrected chi connectivity index (χ3v) is 4.98. The number of ether oxygens (including phenoxy) is 3. The third-order valence-electron chi connectivity index (χ3n) is 4.98. The highest BCUT2D eigenvalue weighted by Crippen LogP contribution is 2.27. The number of pyridine rings is 1. The lowest BCUT2D eigenvalue weighted by atomic mass is 9.94. The summed E-state index contributed by atoms with van der Waals surface area (Å²) in [6.07, 6.45) is 0.495. The molecular formula is C26H32N2O4. The summed E-state index contributed by atoms with van der Waals surface area (Å²) in [6, 6.07) is 20.0. The van der Waals surface area contributed by atoms with Crippen LogP contribution >= 0.6 is 0 Å². The van der Waals surface area contributed by atoms with Crippen molar-refractivity contribution in [2.45, 2.75) is 38.8 Å². The number of hydrogen-bond donors (Lipinski definition) is 1. The molecule has 0 fully saturated rings. The molecule has 170 valence electrons. The van der Waals surface area contributed by atoms with Crippen molar-refractivity contribution in [2.24, 2.45) is 5.73 Å². The number of esters is 1. The van der Waals surface area contributed by atoms with Crippen molar-refractivity contribution in [3.63, 3.8) is 0 Å². The number of hydrogen-bond acceptors (Lipinski definition) is 6. The Hall–Kier alpha value is -2.80. The molecule has 32 heavy (non-hydrogen) atoms. The molecule has 6 nitrogen and oxygen atoms in total. The molecule has 0 saturated heterocycles. The zero-order chi connectivity index (χ0) is 23.0. The predicted octanol–water partition coefficient (Wildman–Crippen LogP) is 4.67. The summed E-state index contributed by atoms with van der Waals surface area (Å²) in [5.74, 6) is -0.828. The minimum absolute atomic E-state index is 0.359. The SMILES string of the molecule is CCOCCOCCC(C(=O)OC(C)(C)N)c1ccc(-c2ccc3ccccc3n2)cc1. The molecule has 6 heteroatoms. The van der Waals surface area contributed by atoms with Crippen molar-refractivity contribution in [1.29, 1.82) is 0 Å². The average molecular weight is 437 g/mol. The largest absolute Gasteiger partial charge is 0.444 e. The Morgan fingerprint density at radius 1 is 0.969 bits per heavy atom. The van der Waals surface area contributed by atoms with E-state index in [1.165, 1.54) is 0 Å². The maximum absolute atomic E-state index is 12.8. The molecule has 0 saturated carbocycles. The molecule has 1 atom stereocenters. The van der Waals surface area contributed by atoms with E-state index in [4.69, 9.17) is 24.9 Å². The van der Waals surface area contributed by atoms with E-state index < -0.39 is 11.6 Å². The summed E-state index contributed by atoms with van der Waals surface area (Å²) in [6.45, 7) is 7.37. The third kappa shape index (κ3) is 6.85. The van der Waals surface area contributed by atoms with Gasteiger partial charge in [-0.1, -0.05) is 48.5 Å². The molecule has 1 heterocycles. The van der Waals surface area contributed by atoms with E-state index >= 15 is 0 Å².